The third kappa shape index (κ3) is 4.56. The van der Waals surface area contributed by atoms with Crippen LogP contribution in [0.3, 0.4) is 0 Å². The Kier molecular flexibility index (Phi) is 6.12. The molecule has 4 rings (SSSR count). The fourth-order valence-electron chi connectivity index (χ4n) is 4.32. The fraction of sp³-hybridized carbons (Fsp3) is 0.500. The molecular weight excluding hydrogens is 432 g/mol. The van der Waals surface area contributed by atoms with Crippen LogP contribution in [0.4, 0.5) is 5.00 Å². The van der Waals surface area contributed by atoms with Gasteiger partial charge in [0.15, 0.2) is 0 Å². The van der Waals surface area contributed by atoms with Crippen molar-refractivity contribution in [3.05, 3.63) is 51.4 Å². The van der Waals surface area contributed by atoms with E-state index in [2.05, 4.69) is 67.4 Å². The zero-order valence-corrected chi connectivity index (χ0v) is 21.6. The molecular formula is C26H34N4O2S. The Morgan fingerprint density at radius 2 is 1.85 bits per heavy atom. The van der Waals surface area contributed by atoms with E-state index >= 15 is 0 Å². The number of carbonyl (C=O) groups excluding carboxylic acids is 1. The Hall–Kier alpha value is -2.67. The van der Waals surface area contributed by atoms with Crippen molar-refractivity contribution in [2.75, 3.05) is 4.90 Å². The summed E-state index contributed by atoms with van der Waals surface area (Å²) in [5.41, 5.74) is 8.33. The molecule has 6 nitrogen and oxygen atoms in total. The normalized spacial score (nSPS) is 20.0. The first-order chi connectivity index (χ1) is 15.5. The van der Waals surface area contributed by atoms with E-state index in [0.717, 1.165) is 27.7 Å². The molecule has 176 valence electrons. The van der Waals surface area contributed by atoms with Crippen molar-refractivity contribution >= 4 is 33.9 Å². The highest BCUT2D eigenvalue weighted by atomic mass is 32.1. The predicted molar refractivity (Wildman–Crippen MR) is 137 cm³/mol. The summed E-state index contributed by atoms with van der Waals surface area (Å²) in [6.07, 6.45) is -0.0597. The van der Waals surface area contributed by atoms with Crippen molar-refractivity contribution < 1.29 is 9.53 Å². The molecule has 0 bridgehead atoms. The van der Waals surface area contributed by atoms with E-state index in [0.29, 0.717) is 5.92 Å². The van der Waals surface area contributed by atoms with E-state index in [1.807, 2.05) is 27.7 Å². The molecule has 2 aromatic rings. The van der Waals surface area contributed by atoms with Crippen LogP contribution in [-0.4, -0.2) is 35.3 Å². The molecule has 2 aliphatic heterocycles. The average Bonchev–Trinajstić information content (AvgIpc) is 3.19. The lowest BCUT2D eigenvalue weighted by molar-refractivity contribution is -0.155. The monoisotopic (exact) mass is 466 g/mol. The van der Waals surface area contributed by atoms with Crippen LogP contribution < -0.4 is 10.3 Å². The molecule has 0 saturated carbocycles. The van der Waals surface area contributed by atoms with E-state index in [4.69, 9.17) is 9.73 Å². The van der Waals surface area contributed by atoms with Crippen LogP contribution in [0.1, 0.15) is 81.0 Å². The van der Waals surface area contributed by atoms with Gasteiger partial charge in [-0.15, -0.1) is 11.3 Å². The molecule has 1 unspecified atom stereocenters. The molecule has 2 aliphatic rings. The van der Waals surface area contributed by atoms with E-state index in [1.165, 1.54) is 16.0 Å². The molecule has 0 spiro atoms. The Bertz CT molecular complexity index is 1120. The lowest BCUT2D eigenvalue weighted by atomic mass is 9.96. The van der Waals surface area contributed by atoms with Gasteiger partial charge in [0.25, 0.3) is 0 Å². The number of aryl methyl sites for hydroxylation is 1. The molecule has 2 atom stereocenters. The first kappa shape index (κ1) is 23.5. The summed E-state index contributed by atoms with van der Waals surface area (Å²) in [5, 5.41) is 5.62. The van der Waals surface area contributed by atoms with Crippen molar-refractivity contribution in [2.24, 2.45) is 10.1 Å². The van der Waals surface area contributed by atoms with Gasteiger partial charge in [0.2, 0.25) is 0 Å². The summed E-state index contributed by atoms with van der Waals surface area (Å²) in [6, 6.07) is 8.31. The van der Waals surface area contributed by atoms with Crippen LogP contribution in [0, 0.1) is 13.8 Å². The lowest BCUT2D eigenvalue weighted by Crippen LogP contribution is -2.47. The molecule has 1 N–H and O–H groups in total. The molecule has 7 heteroatoms. The lowest BCUT2D eigenvalue weighted by Gasteiger charge is -2.28. The zero-order chi connectivity index (χ0) is 24.1. The molecule has 33 heavy (non-hydrogen) atoms. The Labute approximate surface area is 200 Å². The summed E-state index contributed by atoms with van der Waals surface area (Å²) in [6.45, 7) is 16.4. The number of nitrogens with one attached hydrogen (secondary N) is 1. The molecule has 0 radical (unpaired) electrons. The van der Waals surface area contributed by atoms with Crippen LogP contribution in [0.25, 0.3) is 0 Å². The van der Waals surface area contributed by atoms with Gasteiger partial charge in [-0.25, -0.2) is 0 Å². The third-order valence-corrected chi connectivity index (χ3v) is 7.32. The Morgan fingerprint density at radius 1 is 1.18 bits per heavy atom. The number of anilines is 1. The van der Waals surface area contributed by atoms with Gasteiger partial charge in [0, 0.05) is 16.0 Å². The number of aliphatic imine (C=N–C) groups is 1. The minimum absolute atomic E-state index is 0.175. The summed E-state index contributed by atoms with van der Waals surface area (Å²) in [5.74, 6) is 1.09. The smallest absolute Gasteiger partial charge is 0.308 e. The number of esters is 1. The minimum Gasteiger partial charge on any atom is -0.460 e. The van der Waals surface area contributed by atoms with E-state index in [-0.39, 0.29) is 24.6 Å². The molecule has 0 fully saturated rings. The van der Waals surface area contributed by atoms with E-state index < -0.39 is 5.60 Å². The van der Waals surface area contributed by atoms with E-state index in [1.54, 1.807) is 11.3 Å². The van der Waals surface area contributed by atoms with Crippen LogP contribution in [-0.2, 0) is 9.53 Å². The number of rotatable bonds is 4. The maximum absolute atomic E-state index is 12.8. The quantitative estimate of drug-likeness (QED) is 0.604. The number of benzene rings is 1. The third-order valence-electron chi connectivity index (χ3n) is 6.11. The van der Waals surface area contributed by atoms with Crippen molar-refractivity contribution in [2.45, 2.75) is 85.5 Å². The van der Waals surface area contributed by atoms with Crippen LogP contribution in [0.2, 0.25) is 0 Å². The largest absolute Gasteiger partial charge is 0.460 e. The maximum Gasteiger partial charge on any atom is 0.308 e. The summed E-state index contributed by atoms with van der Waals surface area (Å²) >= 11 is 1.76. The van der Waals surface area contributed by atoms with Crippen LogP contribution in [0.5, 0.6) is 0 Å². The van der Waals surface area contributed by atoms with Gasteiger partial charge in [-0.1, -0.05) is 38.1 Å². The SMILES string of the molecule is CC1=NNC2[C@H](CC(=O)OC(C)(C)C)N=C(c3ccc(C(C)C)cc3)c3c(sc(C)c3C)N12. The molecule has 1 aromatic heterocycles. The Morgan fingerprint density at radius 3 is 2.45 bits per heavy atom. The van der Waals surface area contributed by atoms with Gasteiger partial charge in [-0.05, 0) is 58.6 Å². The molecule has 0 aliphatic carbocycles. The zero-order valence-electron chi connectivity index (χ0n) is 20.8. The number of hydrogen-bond acceptors (Lipinski definition) is 7. The standard InChI is InChI=1S/C26H34N4O2S/c1-14(2)18-9-11-19(12-10-18)23-22-15(3)16(4)33-25(22)30-17(5)28-29-24(30)20(27-23)13-21(31)32-26(6,7)8/h9-12,14,20,24,29H,13H2,1-8H3/t20-,24?/m0/s1. The number of amidine groups is 1. The second-order valence-corrected chi connectivity index (χ2v) is 11.4. The molecule has 1 aromatic carbocycles. The van der Waals surface area contributed by atoms with Gasteiger partial charge >= 0.3 is 5.97 Å². The number of ether oxygens (including phenoxy) is 1. The fourth-order valence-corrected chi connectivity index (χ4v) is 5.56. The van der Waals surface area contributed by atoms with Crippen molar-refractivity contribution in [1.82, 2.24) is 5.43 Å². The van der Waals surface area contributed by atoms with Crippen LogP contribution >= 0.6 is 11.3 Å². The van der Waals surface area contributed by atoms with Gasteiger partial charge in [0.1, 0.15) is 28.6 Å². The van der Waals surface area contributed by atoms with Gasteiger partial charge < -0.3 is 4.74 Å². The highest BCUT2D eigenvalue weighted by molar-refractivity contribution is 7.17. The minimum atomic E-state index is -0.539. The summed E-state index contributed by atoms with van der Waals surface area (Å²) < 4.78 is 5.65. The van der Waals surface area contributed by atoms with Crippen molar-refractivity contribution in [1.29, 1.82) is 0 Å². The van der Waals surface area contributed by atoms with Gasteiger partial charge in [-0.3, -0.25) is 20.1 Å². The maximum atomic E-state index is 12.8. The molecule has 0 saturated heterocycles. The number of hydrogen-bond donors (Lipinski definition) is 1. The van der Waals surface area contributed by atoms with Gasteiger partial charge in [0.05, 0.1) is 12.1 Å². The summed E-state index contributed by atoms with van der Waals surface area (Å²) in [7, 11) is 0. The predicted octanol–water partition coefficient (Wildman–Crippen LogP) is 5.51. The van der Waals surface area contributed by atoms with E-state index in [9.17, 15) is 4.79 Å². The number of thiophene rings is 1. The van der Waals surface area contributed by atoms with Crippen molar-refractivity contribution in [3.63, 3.8) is 0 Å². The molecule has 3 heterocycles. The number of nitrogens with zero attached hydrogens (tertiary/aromatic N) is 3. The van der Waals surface area contributed by atoms with Gasteiger partial charge in [-0.2, -0.15) is 5.10 Å². The van der Waals surface area contributed by atoms with Crippen molar-refractivity contribution in [3.8, 4) is 0 Å². The highest BCUT2D eigenvalue weighted by Crippen LogP contribution is 2.42. The highest BCUT2D eigenvalue weighted by Gasteiger charge is 2.41. The second kappa shape index (κ2) is 8.60. The van der Waals surface area contributed by atoms with Crippen LogP contribution in [0.15, 0.2) is 34.4 Å². The number of carbonyl (C=O) groups is 1. The number of fused-ring (bicyclic) bond motifs is 3. The second-order valence-electron chi connectivity index (χ2n) is 10.2. The first-order valence-corrected chi connectivity index (χ1v) is 12.4. The summed E-state index contributed by atoms with van der Waals surface area (Å²) in [4.78, 5) is 21.5. The topological polar surface area (TPSA) is 66.3 Å². The Balaban J connectivity index is 1.84. The molecule has 0 amide bonds. The number of hydrazone groups is 1. The first-order valence-electron chi connectivity index (χ1n) is 11.6. The average molecular weight is 467 g/mol.